The van der Waals surface area contributed by atoms with E-state index in [1.54, 1.807) is 6.92 Å². The SMILES string of the molecule is CC.CC.CC(=N)c1c(N)cc(C)cc1P(C)C. The highest BCUT2D eigenvalue weighted by Gasteiger charge is 2.11. The molecule has 1 aromatic carbocycles. The number of anilines is 1. The highest BCUT2D eigenvalue weighted by Crippen LogP contribution is 2.29. The third-order valence-electron chi connectivity index (χ3n) is 2.15. The molecule has 0 aromatic heterocycles. The highest BCUT2D eigenvalue weighted by molar-refractivity contribution is 7.64. The predicted molar refractivity (Wildman–Crippen MR) is 89.2 cm³/mol. The molecule has 0 unspecified atom stereocenters. The van der Waals surface area contributed by atoms with E-state index < -0.39 is 0 Å². The van der Waals surface area contributed by atoms with E-state index in [0.717, 1.165) is 11.3 Å². The number of hydrogen-bond acceptors (Lipinski definition) is 2. The number of rotatable bonds is 2. The Bertz CT molecular complexity index is 371. The van der Waals surface area contributed by atoms with E-state index in [1.165, 1.54) is 10.9 Å². The largest absolute Gasteiger partial charge is 0.398 e. The fourth-order valence-electron chi connectivity index (χ4n) is 1.56. The van der Waals surface area contributed by atoms with Gasteiger partial charge in [0.05, 0.1) is 0 Å². The van der Waals surface area contributed by atoms with Crippen LogP contribution in [0.15, 0.2) is 12.1 Å². The van der Waals surface area contributed by atoms with Crippen LogP contribution < -0.4 is 11.0 Å². The van der Waals surface area contributed by atoms with Gasteiger partial charge in [-0.15, -0.1) is 0 Å². The number of benzene rings is 1. The van der Waals surface area contributed by atoms with Crippen molar-refractivity contribution in [2.45, 2.75) is 41.5 Å². The summed E-state index contributed by atoms with van der Waals surface area (Å²) in [5.41, 5.74) is 9.35. The fourth-order valence-corrected chi connectivity index (χ4v) is 2.76. The number of hydrogen-bond donors (Lipinski definition) is 2. The van der Waals surface area contributed by atoms with Crippen molar-refractivity contribution >= 4 is 24.6 Å². The Balaban J connectivity index is 0. The van der Waals surface area contributed by atoms with Crippen molar-refractivity contribution in [3.8, 4) is 0 Å². The minimum absolute atomic E-state index is 0.202. The van der Waals surface area contributed by atoms with Crippen LogP contribution in [0.5, 0.6) is 0 Å². The Hall–Kier alpha value is -0.880. The smallest absolute Gasteiger partial charge is 0.0414 e. The Morgan fingerprint density at radius 1 is 1.11 bits per heavy atom. The van der Waals surface area contributed by atoms with Crippen molar-refractivity contribution in [1.82, 2.24) is 0 Å². The van der Waals surface area contributed by atoms with Gasteiger partial charge in [0.1, 0.15) is 0 Å². The molecule has 18 heavy (non-hydrogen) atoms. The van der Waals surface area contributed by atoms with Gasteiger partial charge in [0, 0.05) is 17.0 Å². The summed E-state index contributed by atoms with van der Waals surface area (Å²) in [6.07, 6.45) is 0. The molecule has 0 spiro atoms. The number of nitrogens with one attached hydrogen (secondary N) is 1. The molecule has 0 amide bonds. The zero-order chi connectivity index (χ0) is 14.9. The quantitative estimate of drug-likeness (QED) is 0.466. The van der Waals surface area contributed by atoms with Crippen molar-refractivity contribution in [3.05, 3.63) is 23.3 Å². The molecule has 0 saturated carbocycles. The van der Waals surface area contributed by atoms with Crippen molar-refractivity contribution in [2.24, 2.45) is 0 Å². The van der Waals surface area contributed by atoms with E-state index >= 15 is 0 Å². The second-order valence-corrected chi connectivity index (χ2v) is 6.04. The lowest BCUT2D eigenvalue weighted by Gasteiger charge is -2.15. The lowest BCUT2D eigenvalue weighted by atomic mass is 10.1. The first kappa shape index (κ1) is 19.5. The number of nitrogens with two attached hydrogens (primary N) is 1. The summed E-state index contributed by atoms with van der Waals surface area (Å²) in [6.45, 7) is 16.2. The van der Waals surface area contributed by atoms with E-state index in [9.17, 15) is 0 Å². The van der Waals surface area contributed by atoms with E-state index in [2.05, 4.69) is 19.4 Å². The first-order chi connectivity index (χ1) is 8.43. The van der Waals surface area contributed by atoms with Crippen LogP contribution in [0.1, 0.15) is 45.7 Å². The van der Waals surface area contributed by atoms with Gasteiger partial charge in [-0.05, 0) is 44.1 Å². The Morgan fingerprint density at radius 3 is 1.89 bits per heavy atom. The molecule has 2 nitrogen and oxygen atoms in total. The normalized spacial score (nSPS) is 8.94. The molecular formula is C15H29N2P. The van der Waals surface area contributed by atoms with E-state index in [4.69, 9.17) is 11.1 Å². The van der Waals surface area contributed by atoms with Crippen LogP contribution in [0.2, 0.25) is 0 Å². The molecule has 104 valence electrons. The molecule has 0 saturated heterocycles. The van der Waals surface area contributed by atoms with Gasteiger partial charge in [-0.2, -0.15) is 0 Å². The maximum atomic E-state index is 7.71. The molecule has 0 radical (unpaired) electrons. The molecular weight excluding hydrogens is 239 g/mol. The molecule has 1 aromatic rings. The summed E-state index contributed by atoms with van der Waals surface area (Å²) < 4.78 is 0. The predicted octanol–water partition coefficient (Wildman–Crippen LogP) is 4.38. The zero-order valence-electron chi connectivity index (χ0n) is 13.2. The van der Waals surface area contributed by atoms with Gasteiger partial charge >= 0.3 is 0 Å². The van der Waals surface area contributed by atoms with Gasteiger partial charge in [0.25, 0.3) is 0 Å². The number of aryl methyl sites for hydroxylation is 1. The lowest BCUT2D eigenvalue weighted by molar-refractivity contribution is 1.44. The van der Waals surface area contributed by atoms with Gasteiger partial charge in [-0.1, -0.05) is 41.7 Å². The average molecular weight is 268 g/mol. The minimum atomic E-state index is -0.202. The molecule has 1 rings (SSSR count). The van der Waals surface area contributed by atoms with Gasteiger partial charge in [0.15, 0.2) is 0 Å². The van der Waals surface area contributed by atoms with Crippen molar-refractivity contribution in [3.63, 3.8) is 0 Å². The van der Waals surface area contributed by atoms with Gasteiger partial charge in [-0.25, -0.2) is 0 Å². The maximum Gasteiger partial charge on any atom is 0.0414 e. The minimum Gasteiger partial charge on any atom is -0.398 e. The topological polar surface area (TPSA) is 49.9 Å². The van der Waals surface area contributed by atoms with Crippen LogP contribution in [0.4, 0.5) is 5.69 Å². The molecule has 0 aliphatic rings. The molecule has 0 atom stereocenters. The number of nitrogen functional groups attached to an aromatic ring is 1. The summed E-state index contributed by atoms with van der Waals surface area (Å²) in [5.74, 6) is 0. The zero-order valence-corrected chi connectivity index (χ0v) is 14.1. The Kier molecular flexibility index (Phi) is 10.9. The Labute approximate surface area is 114 Å². The first-order valence-corrected chi connectivity index (χ1v) is 8.80. The van der Waals surface area contributed by atoms with E-state index in [-0.39, 0.29) is 7.92 Å². The molecule has 3 N–H and O–H groups in total. The monoisotopic (exact) mass is 268 g/mol. The van der Waals surface area contributed by atoms with Crippen molar-refractivity contribution < 1.29 is 0 Å². The molecule has 3 heteroatoms. The third kappa shape index (κ3) is 5.64. The summed E-state index contributed by atoms with van der Waals surface area (Å²) in [5, 5.41) is 8.95. The first-order valence-electron chi connectivity index (χ1n) is 6.56. The molecule has 0 fully saturated rings. The summed E-state index contributed by atoms with van der Waals surface area (Å²) in [4.78, 5) is 0. The van der Waals surface area contributed by atoms with E-state index in [0.29, 0.717) is 5.71 Å². The van der Waals surface area contributed by atoms with Crippen molar-refractivity contribution in [1.29, 1.82) is 5.41 Å². The third-order valence-corrected chi connectivity index (χ3v) is 3.47. The van der Waals surface area contributed by atoms with Crippen LogP contribution >= 0.6 is 7.92 Å². The molecule has 0 aliphatic heterocycles. The van der Waals surface area contributed by atoms with Crippen LogP contribution in [-0.2, 0) is 0 Å². The maximum absolute atomic E-state index is 7.71. The average Bonchev–Trinajstić information content (AvgIpc) is 2.32. The molecule has 0 bridgehead atoms. The summed E-state index contributed by atoms with van der Waals surface area (Å²) in [7, 11) is -0.202. The van der Waals surface area contributed by atoms with Crippen LogP contribution in [0.3, 0.4) is 0 Å². The van der Waals surface area contributed by atoms with E-state index in [1.807, 2.05) is 40.7 Å². The summed E-state index contributed by atoms with van der Waals surface area (Å²) in [6, 6.07) is 4.09. The second kappa shape index (κ2) is 10.1. The molecule has 0 heterocycles. The molecule has 0 aliphatic carbocycles. The fraction of sp³-hybridized carbons (Fsp3) is 0.533. The second-order valence-electron chi connectivity index (χ2n) is 3.77. The summed E-state index contributed by atoms with van der Waals surface area (Å²) >= 11 is 0. The van der Waals surface area contributed by atoms with Crippen molar-refractivity contribution in [2.75, 3.05) is 19.1 Å². The van der Waals surface area contributed by atoms with Crippen LogP contribution in [-0.4, -0.2) is 19.0 Å². The van der Waals surface area contributed by atoms with Gasteiger partial charge in [0.2, 0.25) is 0 Å². The van der Waals surface area contributed by atoms with Gasteiger partial charge < -0.3 is 11.1 Å². The standard InChI is InChI=1S/C11H17N2P.2C2H6/c1-7-5-9(13)11(8(2)12)10(6-7)14(3)4;2*1-2/h5-6,12H,13H2,1-4H3;2*1-2H3. The lowest BCUT2D eigenvalue weighted by Crippen LogP contribution is -2.15. The highest BCUT2D eigenvalue weighted by atomic mass is 31.1. The van der Waals surface area contributed by atoms with Crippen LogP contribution in [0.25, 0.3) is 0 Å². The van der Waals surface area contributed by atoms with Crippen LogP contribution in [0, 0.1) is 12.3 Å². The van der Waals surface area contributed by atoms with Gasteiger partial charge in [-0.3, -0.25) is 0 Å². The Morgan fingerprint density at radius 2 is 1.56 bits per heavy atom.